The lowest BCUT2D eigenvalue weighted by Gasteiger charge is -2.11. The van der Waals surface area contributed by atoms with E-state index in [9.17, 15) is 5.26 Å². The van der Waals surface area contributed by atoms with Crippen LogP contribution in [0.15, 0.2) is 126 Å². The van der Waals surface area contributed by atoms with Crippen molar-refractivity contribution in [2.75, 3.05) is 0 Å². The van der Waals surface area contributed by atoms with Crippen molar-refractivity contribution in [1.82, 2.24) is 9.13 Å². The number of rotatable bonds is 2. The molecule has 0 saturated heterocycles. The molecule has 9 aromatic rings. The molecule has 4 nitrogen and oxygen atoms in total. The minimum absolute atomic E-state index is 0.604. The maximum Gasteiger partial charge on any atom is 0.159 e. The molecule has 42 heavy (non-hydrogen) atoms. The van der Waals surface area contributed by atoms with Gasteiger partial charge in [0.15, 0.2) is 5.58 Å². The van der Waals surface area contributed by atoms with E-state index < -0.39 is 0 Å². The van der Waals surface area contributed by atoms with Crippen LogP contribution in [0.25, 0.3) is 76.9 Å². The second-order valence-electron chi connectivity index (χ2n) is 11.0. The van der Waals surface area contributed by atoms with Gasteiger partial charge in [-0.15, -0.1) is 0 Å². The largest absolute Gasteiger partial charge is 0.454 e. The highest BCUT2D eigenvalue weighted by molar-refractivity contribution is 6.14. The number of aromatic nitrogens is 2. The summed E-state index contributed by atoms with van der Waals surface area (Å²) in [6.07, 6.45) is 0. The Balaban J connectivity index is 1.39. The number of aryl methyl sites for hydroxylation is 1. The first-order valence-corrected chi connectivity index (χ1v) is 14.1. The van der Waals surface area contributed by atoms with E-state index in [1.54, 1.807) is 0 Å². The van der Waals surface area contributed by atoms with E-state index in [1.807, 2.05) is 30.3 Å². The fraction of sp³-hybridized carbons (Fsp3) is 0.0263. The first-order valence-electron chi connectivity index (χ1n) is 14.1. The third kappa shape index (κ3) is 3.00. The summed E-state index contributed by atoms with van der Waals surface area (Å²) in [6.45, 7) is 2.18. The number of benzene rings is 6. The second-order valence-corrected chi connectivity index (χ2v) is 11.0. The van der Waals surface area contributed by atoms with Crippen molar-refractivity contribution in [3.63, 3.8) is 0 Å². The Hall–Kier alpha value is -5.79. The SMILES string of the molecule is Cc1cccc2c1c1ccccc1n2-c1ccc2c(c1)c1ccccc1n2-c1cc(C#N)cc2c1oc1ccccc12. The Morgan fingerprint density at radius 1 is 0.571 bits per heavy atom. The first kappa shape index (κ1) is 23.0. The van der Waals surface area contributed by atoms with Gasteiger partial charge in [-0.25, -0.2) is 0 Å². The fourth-order valence-electron chi connectivity index (χ4n) is 6.88. The molecule has 3 aromatic heterocycles. The predicted octanol–water partition coefficient (Wildman–Crippen LogP) is 9.96. The summed E-state index contributed by atoms with van der Waals surface area (Å²) in [5, 5.41) is 16.8. The maximum absolute atomic E-state index is 10.00. The number of hydrogen-bond acceptors (Lipinski definition) is 2. The zero-order valence-corrected chi connectivity index (χ0v) is 22.8. The summed E-state index contributed by atoms with van der Waals surface area (Å²) in [6, 6.07) is 44.6. The number of nitrogens with zero attached hydrogens (tertiary/aromatic N) is 3. The van der Waals surface area contributed by atoms with Gasteiger partial charge in [-0.05, 0) is 67.1 Å². The predicted molar refractivity (Wildman–Crippen MR) is 172 cm³/mol. The van der Waals surface area contributed by atoms with Crippen LogP contribution in [0.4, 0.5) is 0 Å². The number of hydrogen-bond donors (Lipinski definition) is 0. The molecule has 0 N–H and O–H groups in total. The van der Waals surface area contributed by atoms with Gasteiger partial charge in [0.1, 0.15) is 5.58 Å². The first-order chi connectivity index (χ1) is 20.7. The quantitative estimate of drug-likeness (QED) is 0.220. The van der Waals surface area contributed by atoms with E-state index in [0.29, 0.717) is 5.56 Å². The number of nitriles is 1. The van der Waals surface area contributed by atoms with Crippen molar-refractivity contribution in [2.24, 2.45) is 0 Å². The topological polar surface area (TPSA) is 46.8 Å². The summed E-state index contributed by atoms with van der Waals surface area (Å²) < 4.78 is 11.1. The highest BCUT2D eigenvalue weighted by Gasteiger charge is 2.20. The molecule has 4 heteroatoms. The van der Waals surface area contributed by atoms with Crippen LogP contribution in [0.2, 0.25) is 0 Å². The molecule has 3 heterocycles. The lowest BCUT2D eigenvalue weighted by Crippen LogP contribution is -1.97. The molecule has 0 bridgehead atoms. The van der Waals surface area contributed by atoms with Gasteiger partial charge in [0.25, 0.3) is 0 Å². The third-order valence-electron chi connectivity index (χ3n) is 8.65. The standard InChI is InChI=1S/C38H23N3O/c1-23-9-8-15-34-37(23)28-12-3-6-14-32(28)40(34)25-17-18-33-29(21-25)26-10-2-5-13-31(26)41(33)35-20-24(22-39)19-30-27-11-4-7-16-36(27)42-38(30)35/h2-21H,1H3. The number of furan rings is 1. The van der Waals surface area contributed by atoms with Crippen LogP contribution in [0.1, 0.15) is 11.1 Å². The van der Waals surface area contributed by atoms with Crippen molar-refractivity contribution in [2.45, 2.75) is 6.92 Å². The average Bonchev–Trinajstić information content (AvgIpc) is 3.68. The fourth-order valence-corrected chi connectivity index (χ4v) is 6.88. The summed E-state index contributed by atoms with van der Waals surface area (Å²) >= 11 is 0. The Morgan fingerprint density at radius 3 is 2.10 bits per heavy atom. The van der Waals surface area contributed by atoms with Gasteiger partial charge >= 0.3 is 0 Å². The van der Waals surface area contributed by atoms with E-state index in [0.717, 1.165) is 55.1 Å². The normalized spacial score (nSPS) is 11.9. The molecule has 0 aliphatic heterocycles. The van der Waals surface area contributed by atoms with E-state index in [1.165, 1.54) is 27.4 Å². The molecular formula is C38H23N3O. The molecule has 0 aliphatic carbocycles. The molecule has 0 saturated carbocycles. The second kappa shape index (κ2) is 8.36. The molecule has 0 spiro atoms. The zero-order valence-electron chi connectivity index (χ0n) is 22.8. The Labute approximate surface area is 240 Å². The molecule has 0 atom stereocenters. The van der Waals surface area contributed by atoms with Crippen LogP contribution < -0.4 is 0 Å². The molecule has 0 radical (unpaired) electrons. The van der Waals surface area contributed by atoms with Crippen molar-refractivity contribution < 1.29 is 4.42 Å². The van der Waals surface area contributed by atoms with E-state index in [4.69, 9.17) is 4.42 Å². The molecule has 0 amide bonds. The molecule has 0 fully saturated rings. The summed E-state index contributed by atoms with van der Waals surface area (Å²) in [4.78, 5) is 0. The van der Waals surface area contributed by atoms with Gasteiger partial charge in [-0.3, -0.25) is 0 Å². The molecule has 6 aromatic carbocycles. The van der Waals surface area contributed by atoms with Crippen LogP contribution >= 0.6 is 0 Å². The van der Waals surface area contributed by atoms with Crippen molar-refractivity contribution in [1.29, 1.82) is 5.26 Å². The summed E-state index contributed by atoms with van der Waals surface area (Å²) in [5.41, 5.74) is 9.97. The third-order valence-corrected chi connectivity index (χ3v) is 8.65. The van der Waals surface area contributed by atoms with Gasteiger partial charge in [-0.2, -0.15) is 5.26 Å². The van der Waals surface area contributed by atoms with E-state index in [-0.39, 0.29) is 0 Å². The van der Waals surface area contributed by atoms with Crippen LogP contribution in [0.5, 0.6) is 0 Å². The van der Waals surface area contributed by atoms with Gasteiger partial charge in [0, 0.05) is 38.0 Å². The molecule has 196 valence electrons. The van der Waals surface area contributed by atoms with Crippen molar-refractivity contribution >= 4 is 65.6 Å². The molecule has 9 rings (SSSR count). The Morgan fingerprint density at radius 2 is 1.26 bits per heavy atom. The summed E-state index contributed by atoms with van der Waals surface area (Å²) in [5.74, 6) is 0. The van der Waals surface area contributed by atoms with Gasteiger partial charge in [0.2, 0.25) is 0 Å². The van der Waals surface area contributed by atoms with Crippen molar-refractivity contribution in [3.05, 3.63) is 132 Å². The van der Waals surface area contributed by atoms with E-state index in [2.05, 4.69) is 113 Å². The minimum Gasteiger partial charge on any atom is -0.454 e. The monoisotopic (exact) mass is 537 g/mol. The number of para-hydroxylation sites is 3. The smallest absolute Gasteiger partial charge is 0.159 e. The zero-order chi connectivity index (χ0) is 27.9. The van der Waals surface area contributed by atoms with Crippen molar-refractivity contribution in [3.8, 4) is 17.4 Å². The maximum atomic E-state index is 10.00. The number of fused-ring (bicyclic) bond motifs is 9. The van der Waals surface area contributed by atoms with Gasteiger partial charge < -0.3 is 13.6 Å². The minimum atomic E-state index is 0.604. The highest BCUT2D eigenvalue weighted by Crippen LogP contribution is 2.40. The van der Waals surface area contributed by atoms with Crippen LogP contribution in [0, 0.1) is 18.3 Å². The van der Waals surface area contributed by atoms with Crippen LogP contribution in [-0.4, -0.2) is 9.13 Å². The molecule has 0 unspecified atom stereocenters. The molecule has 0 aliphatic rings. The van der Waals surface area contributed by atoms with Crippen LogP contribution in [-0.2, 0) is 0 Å². The highest BCUT2D eigenvalue weighted by atomic mass is 16.3. The molecular weight excluding hydrogens is 514 g/mol. The lowest BCUT2D eigenvalue weighted by molar-refractivity contribution is 0.666. The van der Waals surface area contributed by atoms with Gasteiger partial charge in [-0.1, -0.05) is 66.7 Å². The Bertz CT molecular complexity index is 2600. The van der Waals surface area contributed by atoms with E-state index >= 15 is 0 Å². The summed E-state index contributed by atoms with van der Waals surface area (Å²) in [7, 11) is 0. The average molecular weight is 538 g/mol. The van der Waals surface area contributed by atoms with Crippen LogP contribution in [0.3, 0.4) is 0 Å². The lowest BCUT2D eigenvalue weighted by atomic mass is 10.1. The Kier molecular flexibility index (Phi) is 4.57. The van der Waals surface area contributed by atoms with Gasteiger partial charge in [0.05, 0.1) is 39.4 Å².